The number of rotatable bonds is 4. The summed E-state index contributed by atoms with van der Waals surface area (Å²) in [5, 5.41) is 9.05. The summed E-state index contributed by atoms with van der Waals surface area (Å²) in [7, 11) is 0. The van der Waals surface area contributed by atoms with Crippen molar-refractivity contribution in [3.63, 3.8) is 0 Å². The van der Waals surface area contributed by atoms with Crippen molar-refractivity contribution in [2.45, 2.75) is 20.8 Å². The molecule has 3 aromatic rings. The number of furan rings is 1. The van der Waals surface area contributed by atoms with Crippen molar-refractivity contribution in [1.82, 2.24) is 0 Å². The van der Waals surface area contributed by atoms with Crippen molar-refractivity contribution in [2.75, 3.05) is 0 Å². The Bertz CT molecular complexity index is 967. The fourth-order valence-electron chi connectivity index (χ4n) is 2.63. The van der Waals surface area contributed by atoms with Crippen LogP contribution in [0, 0.1) is 20.8 Å². The van der Waals surface area contributed by atoms with Gasteiger partial charge in [-0.05, 0) is 67.8 Å². The van der Waals surface area contributed by atoms with Gasteiger partial charge in [0.25, 0.3) is 0 Å². The van der Waals surface area contributed by atoms with E-state index in [1.807, 2.05) is 45.0 Å². The second kappa shape index (κ2) is 6.77. The van der Waals surface area contributed by atoms with Crippen molar-refractivity contribution in [2.24, 2.45) is 4.99 Å². The van der Waals surface area contributed by atoms with Crippen LogP contribution in [0.2, 0.25) is 0 Å². The molecule has 0 saturated heterocycles. The molecule has 0 aliphatic rings. The molecule has 0 radical (unpaired) electrons. The molecule has 3 rings (SSSR count). The van der Waals surface area contributed by atoms with Gasteiger partial charge in [-0.25, -0.2) is 4.79 Å². The number of hydrogen-bond donors (Lipinski definition) is 1. The van der Waals surface area contributed by atoms with E-state index >= 15 is 0 Å². The predicted molar refractivity (Wildman–Crippen MR) is 99.0 cm³/mol. The van der Waals surface area contributed by atoms with Crippen LogP contribution in [0.15, 0.2) is 57.9 Å². The van der Waals surface area contributed by atoms with Gasteiger partial charge in [-0.1, -0.05) is 18.2 Å². The van der Waals surface area contributed by atoms with Gasteiger partial charge in [0, 0.05) is 5.56 Å². The van der Waals surface area contributed by atoms with Gasteiger partial charge in [0.2, 0.25) is 0 Å². The summed E-state index contributed by atoms with van der Waals surface area (Å²) in [5.74, 6) is 0.407. The van der Waals surface area contributed by atoms with E-state index in [4.69, 9.17) is 9.52 Å². The maximum Gasteiger partial charge on any atom is 0.335 e. The first-order chi connectivity index (χ1) is 11.9. The van der Waals surface area contributed by atoms with Gasteiger partial charge in [0.1, 0.15) is 11.5 Å². The normalized spacial score (nSPS) is 11.2. The minimum Gasteiger partial charge on any atom is -0.478 e. The summed E-state index contributed by atoms with van der Waals surface area (Å²) in [6.45, 7) is 5.92. The third-order valence-electron chi connectivity index (χ3n) is 4.06. The van der Waals surface area contributed by atoms with E-state index in [1.54, 1.807) is 24.4 Å². The lowest BCUT2D eigenvalue weighted by molar-refractivity contribution is 0.0697. The van der Waals surface area contributed by atoms with Crippen molar-refractivity contribution in [3.8, 4) is 11.3 Å². The first-order valence-corrected chi connectivity index (χ1v) is 7.99. The second-order valence-corrected chi connectivity index (χ2v) is 6.09. The standard InChI is InChI=1S/C21H19NO3/c1-13-4-5-14(2)19(10-13)22-12-17-7-9-20(25-17)18-8-6-16(21(23)24)11-15(18)3/h4-12H,1-3H3,(H,23,24). The minimum absolute atomic E-state index is 0.268. The molecule has 0 atom stereocenters. The van der Waals surface area contributed by atoms with E-state index in [2.05, 4.69) is 11.1 Å². The van der Waals surface area contributed by atoms with Crippen LogP contribution >= 0.6 is 0 Å². The molecule has 4 nitrogen and oxygen atoms in total. The third-order valence-corrected chi connectivity index (χ3v) is 4.06. The van der Waals surface area contributed by atoms with Crippen molar-refractivity contribution >= 4 is 17.9 Å². The largest absolute Gasteiger partial charge is 0.478 e. The average molecular weight is 333 g/mol. The van der Waals surface area contributed by atoms with E-state index in [-0.39, 0.29) is 5.56 Å². The zero-order valence-corrected chi connectivity index (χ0v) is 14.4. The van der Waals surface area contributed by atoms with Gasteiger partial charge < -0.3 is 9.52 Å². The molecule has 1 N–H and O–H groups in total. The molecule has 2 aromatic carbocycles. The molecule has 1 heterocycles. The zero-order chi connectivity index (χ0) is 18.0. The Balaban J connectivity index is 1.87. The monoisotopic (exact) mass is 333 g/mol. The Morgan fingerprint density at radius 3 is 2.52 bits per heavy atom. The molecule has 0 unspecified atom stereocenters. The average Bonchev–Trinajstić information content (AvgIpc) is 3.04. The smallest absolute Gasteiger partial charge is 0.335 e. The van der Waals surface area contributed by atoms with Crippen LogP contribution in [-0.4, -0.2) is 17.3 Å². The quantitative estimate of drug-likeness (QED) is 0.657. The van der Waals surface area contributed by atoms with Gasteiger partial charge in [-0.2, -0.15) is 0 Å². The number of aromatic carboxylic acids is 1. The first kappa shape index (κ1) is 16.7. The SMILES string of the molecule is Cc1ccc(C)c(N=Cc2ccc(-c3ccc(C(=O)O)cc3C)o2)c1. The topological polar surface area (TPSA) is 62.8 Å². The first-order valence-electron chi connectivity index (χ1n) is 7.99. The maximum absolute atomic E-state index is 11.0. The second-order valence-electron chi connectivity index (χ2n) is 6.09. The Morgan fingerprint density at radius 1 is 1.00 bits per heavy atom. The molecular formula is C21H19NO3. The van der Waals surface area contributed by atoms with E-state index in [0.29, 0.717) is 11.5 Å². The molecule has 25 heavy (non-hydrogen) atoms. The minimum atomic E-state index is -0.935. The molecule has 0 aliphatic carbocycles. The number of aryl methyl sites for hydroxylation is 3. The Labute approximate surface area is 146 Å². The number of carboxylic acids is 1. The lowest BCUT2D eigenvalue weighted by Crippen LogP contribution is -1.96. The van der Waals surface area contributed by atoms with Crippen LogP contribution in [0.4, 0.5) is 5.69 Å². The predicted octanol–water partition coefficient (Wildman–Crippen LogP) is 5.32. The summed E-state index contributed by atoms with van der Waals surface area (Å²) < 4.78 is 5.85. The van der Waals surface area contributed by atoms with Crippen LogP contribution in [-0.2, 0) is 0 Å². The fourth-order valence-corrected chi connectivity index (χ4v) is 2.63. The van der Waals surface area contributed by atoms with Gasteiger partial charge in [0.05, 0.1) is 17.5 Å². The van der Waals surface area contributed by atoms with Gasteiger partial charge in [0.15, 0.2) is 0 Å². The number of carbonyl (C=O) groups is 1. The highest BCUT2D eigenvalue weighted by molar-refractivity contribution is 5.89. The Hall–Kier alpha value is -3.14. The molecule has 0 spiro atoms. The van der Waals surface area contributed by atoms with Crippen molar-refractivity contribution in [3.05, 3.63) is 76.5 Å². The van der Waals surface area contributed by atoms with E-state index in [0.717, 1.165) is 27.9 Å². The summed E-state index contributed by atoms with van der Waals surface area (Å²) >= 11 is 0. The molecule has 126 valence electrons. The summed E-state index contributed by atoms with van der Waals surface area (Å²) in [4.78, 5) is 15.5. The molecule has 0 fully saturated rings. The fraction of sp³-hybridized carbons (Fsp3) is 0.143. The highest BCUT2D eigenvalue weighted by Crippen LogP contribution is 2.26. The number of benzene rings is 2. The molecule has 0 aliphatic heterocycles. The van der Waals surface area contributed by atoms with Crippen LogP contribution in [0.25, 0.3) is 11.3 Å². The van der Waals surface area contributed by atoms with Crippen LogP contribution < -0.4 is 0 Å². The zero-order valence-electron chi connectivity index (χ0n) is 14.4. The van der Waals surface area contributed by atoms with E-state index < -0.39 is 5.97 Å². The molecule has 1 aromatic heterocycles. The Kier molecular flexibility index (Phi) is 4.52. The van der Waals surface area contributed by atoms with E-state index in [1.165, 1.54) is 0 Å². The number of aliphatic imine (C=N–C) groups is 1. The molecule has 0 saturated carbocycles. The van der Waals surface area contributed by atoms with E-state index in [9.17, 15) is 4.79 Å². The number of nitrogens with zero attached hydrogens (tertiary/aromatic N) is 1. The van der Waals surface area contributed by atoms with Gasteiger partial charge >= 0.3 is 5.97 Å². The summed E-state index contributed by atoms with van der Waals surface area (Å²) in [6, 6.07) is 14.8. The van der Waals surface area contributed by atoms with Crippen molar-refractivity contribution < 1.29 is 14.3 Å². The number of carboxylic acid groups (broad SMARTS) is 1. The van der Waals surface area contributed by atoms with Crippen LogP contribution in [0.1, 0.15) is 32.8 Å². The van der Waals surface area contributed by atoms with Crippen LogP contribution in [0.3, 0.4) is 0 Å². The summed E-state index contributed by atoms with van der Waals surface area (Å²) in [6.07, 6.45) is 1.70. The highest BCUT2D eigenvalue weighted by atomic mass is 16.4. The van der Waals surface area contributed by atoms with Crippen LogP contribution in [0.5, 0.6) is 0 Å². The molecule has 0 bridgehead atoms. The lowest BCUT2D eigenvalue weighted by atomic mass is 10.0. The number of hydrogen-bond acceptors (Lipinski definition) is 3. The highest BCUT2D eigenvalue weighted by Gasteiger charge is 2.10. The molecule has 0 amide bonds. The molecular weight excluding hydrogens is 314 g/mol. The molecule has 4 heteroatoms. The third kappa shape index (κ3) is 3.69. The maximum atomic E-state index is 11.0. The van der Waals surface area contributed by atoms with Crippen molar-refractivity contribution in [1.29, 1.82) is 0 Å². The van der Waals surface area contributed by atoms with Gasteiger partial charge in [-0.15, -0.1) is 0 Å². The Morgan fingerprint density at radius 2 is 1.80 bits per heavy atom. The summed E-state index contributed by atoms with van der Waals surface area (Å²) in [5.41, 5.74) is 5.17. The van der Waals surface area contributed by atoms with Gasteiger partial charge in [-0.3, -0.25) is 4.99 Å². The lowest BCUT2D eigenvalue weighted by Gasteiger charge is -2.04.